The molecule has 0 rings (SSSR count). The molecular formula is C10H16OS. The Labute approximate surface area is 78.9 Å². The molecule has 0 N–H and O–H groups in total. The Kier molecular flexibility index (Phi) is 4.98. The van der Waals surface area contributed by atoms with Crippen LogP contribution in [-0.4, -0.2) is 6.29 Å². The summed E-state index contributed by atoms with van der Waals surface area (Å²) >= 11 is 1.55. The van der Waals surface area contributed by atoms with Crippen LogP contribution in [0.2, 0.25) is 0 Å². The van der Waals surface area contributed by atoms with Gasteiger partial charge in [-0.3, -0.25) is 4.79 Å². The maximum absolute atomic E-state index is 10.6. The molecule has 0 atom stereocenters. The highest BCUT2D eigenvalue weighted by atomic mass is 32.2. The Morgan fingerprint density at radius 3 is 1.75 bits per heavy atom. The highest BCUT2D eigenvalue weighted by Gasteiger charge is 2.01. The molecule has 2 heteroatoms. The van der Waals surface area contributed by atoms with Crippen molar-refractivity contribution in [1.29, 1.82) is 0 Å². The third kappa shape index (κ3) is 3.77. The summed E-state index contributed by atoms with van der Waals surface area (Å²) in [5, 5.41) is 0. The third-order valence-electron chi connectivity index (χ3n) is 1.57. The fraction of sp³-hybridized carbons (Fsp3) is 0.500. The van der Waals surface area contributed by atoms with Gasteiger partial charge >= 0.3 is 0 Å². The lowest BCUT2D eigenvalue weighted by Gasteiger charge is -2.04. The van der Waals surface area contributed by atoms with E-state index in [4.69, 9.17) is 0 Å². The van der Waals surface area contributed by atoms with E-state index < -0.39 is 0 Å². The fourth-order valence-electron chi connectivity index (χ4n) is 0.511. The molecule has 0 spiro atoms. The van der Waals surface area contributed by atoms with Crippen LogP contribution < -0.4 is 0 Å². The zero-order chi connectivity index (χ0) is 9.72. The quantitative estimate of drug-likeness (QED) is 0.493. The Morgan fingerprint density at radius 1 is 1.00 bits per heavy atom. The molecule has 68 valence electrons. The molecule has 0 saturated carbocycles. The maximum Gasteiger partial charge on any atom is 0.156 e. The predicted octanol–water partition coefficient (Wildman–Crippen LogP) is 3.53. The van der Waals surface area contributed by atoms with E-state index in [1.54, 1.807) is 11.8 Å². The molecular weight excluding hydrogens is 168 g/mol. The topological polar surface area (TPSA) is 17.1 Å². The molecule has 0 bridgehead atoms. The van der Waals surface area contributed by atoms with E-state index in [1.165, 1.54) is 10.5 Å². The lowest BCUT2D eigenvalue weighted by atomic mass is 10.3. The summed E-state index contributed by atoms with van der Waals surface area (Å²) in [6, 6.07) is 0. The first-order valence-electron chi connectivity index (χ1n) is 3.93. The average Bonchev–Trinajstić information content (AvgIpc) is 1.98. The third-order valence-corrected chi connectivity index (χ3v) is 3.01. The van der Waals surface area contributed by atoms with E-state index in [0.29, 0.717) is 0 Å². The lowest BCUT2D eigenvalue weighted by molar-refractivity contribution is -0.104. The lowest BCUT2D eigenvalue weighted by Crippen LogP contribution is -1.83. The highest BCUT2D eigenvalue weighted by Crippen LogP contribution is 2.27. The van der Waals surface area contributed by atoms with Gasteiger partial charge in [0.05, 0.1) is 4.91 Å². The van der Waals surface area contributed by atoms with Crippen LogP contribution in [-0.2, 0) is 4.79 Å². The molecule has 0 aromatic rings. The molecule has 0 aliphatic rings. The van der Waals surface area contributed by atoms with Gasteiger partial charge in [-0.2, -0.15) is 0 Å². The number of hydrogen-bond donors (Lipinski definition) is 0. The number of thioether (sulfide) groups is 1. The summed E-state index contributed by atoms with van der Waals surface area (Å²) in [7, 11) is 0. The minimum atomic E-state index is 0.828. The molecule has 0 saturated heterocycles. The molecule has 0 heterocycles. The minimum Gasteiger partial charge on any atom is -0.297 e. The number of aldehydes is 1. The van der Waals surface area contributed by atoms with Crippen LogP contribution in [0.25, 0.3) is 0 Å². The van der Waals surface area contributed by atoms with E-state index >= 15 is 0 Å². The summed E-state index contributed by atoms with van der Waals surface area (Å²) in [6.45, 7) is 10.0. The van der Waals surface area contributed by atoms with Gasteiger partial charge in [0.25, 0.3) is 0 Å². The largest absolute Gasteiger partial charge is 0.297 e. The first-order valence-corrected chi connectivity index (χ1v) is 4.75. The number of hydrogen-bond acceptors (Lipinski definition) is 2. The second-order valence-electron chi connectivity index (χ2n) is 3.14. The monoisotopic (exact) mass is 184 g/mol. The first-order chi connectivity index (χ1) is 5.49. The van der Waals surface area contributed by atoms with Crippen molar-refractivity contribution in [3.63, 3.8) is 0 Å². The Morgan fingerprint density at radius 2 is 1.50 bits per heavy atom. The molecule has 1 nitrogen and oxygen atoms in total. The average molecular weight is 184 g/mol. The van der Waals surface area contributed by atoms with Crippen LogP contribution in [0.3, 0.4) is 0 Å². The van der Waals surface area contributed by atoms with Crippen molar-refractivity contribution < 1.29 is 4.79 Å². The van der Waals surface area contributed by atoms with Gasteiger partial charge in [0.15, 0.2) is 6.29 Å². The van der Waals surface area contributed by atoms with Gasteiger partial charge in [-0.05, 0) is 39.5 Å². The van der Waals surface area contributed by atoms with Crippen molar-refractivity contribution in [3.05, 3.63) is 21.0 Å². The van der Waals surface area contributed by atoms with Gasteiger partial charge in [0.1, 0.15) is 0 Å². The molecule has 0 unspecified atom stereocenters. The molecule has 0 radical (unpaired) electrons. The summed E-state index contributed by atoms with van der Waals surface area (Å²) in [5.41, 5.74) is 2.34. The zero-order valence-corrected chi connectivity index (χ0v) is 9.21. The number of allylic oxidation sites excluding steroid dienone is 4. The van der Waals surface area contributed by atoms with Gasteiger partial charge in [0, 0.05) is 0 Å². The van der Waals surface area contributed by atoms with Crippen molar-refractivity contribution in [2.24, 2.45) is 0 Å². The van der Waals surface area contributed by atoms with Crippen LogP contribution in [0.5, 0.6) is 0 Å². The summed E-state index contributed by atoms with van der Waals surface area (Å²) in [5.74, 6) is 0. The van der Waals surface area contributed by atoms with Crippen molar-refractivity contribution in [2.75, 3.05) is 0 Å². The van der Waals surface area contributed by atoms with E-state index in [9.17, 15) is 4.79 Å². The number of carbonyl (C=O) groups is 1. The second-order valence-corrected chi connectivity index (χ2v) is 4.40. The van der Waals surface area contributed by atoms with Gasteiger partial charge in [-0.15, -0.1) is 0 Å². The molecule has 0 aliphatic carbocycles. The molecule has 0 aromatic heterocycles. The Balaban J connectivity index is 4.56. The predicted molar refractivity (Wildman–Crippen MR) is 56.1 cm³/mol. The van der Waals surface area contributed by atoms with Gasteiger partial charge < -0.3 is 0 Å². The number of rotatable bonds is 3. The molecule has 0 amide bonds. The van der Waals surface area contributed by atoms with E-state index in [-0.39, 0.29) is 0 Å². The van der Waals surface area contributed by atoms with Gasteiger partial charge in [0.2, 0.25) is 0 Å². The van der Waals surface area contributed by atoms with Crippen LogP contribution >= 0.6 is 11.8 Å². The maximum atomic E-state index is 10.6. The highest BCUT2D eigenvalue weighted by molar-refractivity contribution is 8.07. The van der Waals surface area contributed by atoms with E-state index in [0.717, 1.165) is 16.8 Å². The van der Waals surface area contributed by atoms with E-state index in [1.807, 2.05) is 20.8 Å². The molecule has 0 fully saturated rings. The summed E-state index contributed by atoms with van der Waals surface area (Å²) in [4.78, 5) is 12.6. The smallest absolute Gasteiger partial charge is 0.156 e. The molecule has 12 heavy (non-hydrogen) atoms. The fourth-order valence-corrected chi connectivity index (χ4v) is 1.30. The van der Waals surface area contributed by atoms with Gasteiger partial charge in [-0.1, -0.05) is 22.9 Å². The second kappa shape index (κ2) is 5.20. The van der Waals surface area contributed by atoms with E-state index in [2.05, 4.69) is 13.8 Å². The van der Waals surface area contributed by atoms with Crippen LogP contribution in [0.15, 0.2) is 21.0 Å². The normalized spacial score (nSPS) is 9.08. The van der Waals surface area contributed by atoms with Crippen molar-refractivity contribution in [2.45, 2.75) is 34.6 Å². The minimum absolute atomic E-state index is 0.828. The van der Waals surface area contributed by atoms with Crippen molar-refractivity contribution >= 4 is 18.0 Å². The Bertz CT molecular complexity index is 228. The molecule has 0 aliphatic heterocycles. The SMILES string of the molecule is CC(C)=C(C)SC(C=O)=C(C)C. The van der Waals surface area contributed by atoms with Crippen LogP contribution in [0.4, 0.5) is 0 Å². The summed E-state index contributed by atoms with van der Waals surface area (Å²) in [6.07, 6.45) is 0.923. The zero-order valence-electron chi connectivity index (χ0n) is 8.39. The number of carbonyl (C=O) groups excluding carboxylic acids is 1. The van der Waals surface area contributed by atoms with Crippen molar-refractivity contribution in [1.82, 2.24) is 0 Å². The van der Waals surface area contributed by atoms with Crippen LogP contribution in [0, 0.1) is 0 Å². The van der Waals surface area contributed by atoms with Gasteiger partial charge in [-0.25, -0.2) is 0 Å². The summed E-state index contributed by atoms with van der Waals surface area (Å²) < 4.78 is 0. The standard InChI is InChI=1S/C10H16OS/c1-7(2)9(5)12-10(6-11)8(3)4/h6H,1-5H3. The van der Waals surface area contributed by atoms with Crippen LogP contribution in [0.1, 0.15) is 34.6 Å². The Hall–Kier alpha value is -0.500. The first kappa shape index (κ1) is 11.5. The van der Waals surface area contributed by atoms with Crippen molar-refractivity contribution in [3.8, 4) is 0 Å². The molecule has 0 aromatic carbocycles.